The Morgan fingerprint density at radius 1 is 1.23 bits per heavy atom. The smallest absolute Gasteiger partial charge is 0.296 e. The van der Waals surface area contributed by atoms with Gasteiger partial charge in [0, 0.05) is 5.56 Å². The molecule has 35 heavy (non-hydrogen) atoms. The standard InChI is InChI=1S/C24H24ClFN4O5/c25-13-8-16-23(30-24(28-16)35-18-10-34-20-17(32)9-33-21(18)20)29-22(13)27-15-4-3-12-6-11(2-1-5-31)7-14(26)19(12)15/h1-2,6-8,15,17-18,20-21,31-32H,3-5,9-10H2,(H2,27,28,29,30)/b2-1+/t15-,17+,18+,20+,21+/m0/s1. The van der Waals surface area contributed by atoms with E-state index in [0.717, 1.165) is 5.56 Å². The minimum atomic E-state index is -0.660. The topological polar surface area (TPSA) is 122 Å². The molecule has 2 aliphatic heterocycles. The summed E-state index contributed by atoms with van der Waals surface area (Å²) < 4.78 is 32.1. The SMILES string of the molecule is OC/C=C/c1cc(F)c2c(c1)CC[C@@H]2Nc1nc2nc(O[C@@H]3CO[C@H]4[C@@H]3OC[C@H]4O)[nH]c2cc1Cl. The van der Waals surface area contributed by atoms with Gasteiger partial charge in [-0.3, -0.25) is 0 Å². The number of hydrogen-bond acceptors (Lipinski definition) is 8. The molecule has 5 atom stereocenters. The van der Waals surface area contributed by atoms with E-state index in [9.17, 15) is 9.50 Å². The highest BCUT2D eigenvalue weighted by molar-refractivity contribution is 6.33. The van der Waals surface area contributed by atoms with Crippen molar-refractivity contribution in [2.45, 2.75) is 43.3 Å². The Hall–Kier alpha value is -2.76. The maximum atomic E-state index is 14.9. The lowest BCUT2D eigenvalue weighted by Crippen LogP contribution is -2.34. The Kier molecular flexibility index (Phi) is 5.85. The number of H-pyrrole nitrogens is 1. The van der Waals surface area contributed by atoms with Gasteiger partial charge in [0.1, 0.15) is 29.9 Å². The van der Waals surface area contributed by atoms with Gasteiger partial charge in [0.2, 0.25) is 0 Å². The van der Waals surface area contributed by atoms with Crippen molar-refractivity contribution in [1.82, 2.24) is 15.0 Å². The van der Waals surface area contributed by atoms with Gasteiger partial charge in [-0.15, -0.1) is 0 Å². The first kappa shape index (κ1) is 22.7. The van der Waals surface area contributed by atoms with Gasteiger partial charge < -0.3 is 34.7 Å². The van der Waals surface area contributed by atoms with Crippen molar-refractivity contribution < 1.29 is 28.8 Å². The summed E-state index contributed by atoms with van der Waals surface area (Å²) in [5.74, 6) is 0.101. The van der Waals surface area contributed by atoms with Crippen LogP contribution in [0.4, 0.5) is 10.2 Å². The molecule has 0 bridgehead atoms. The van der Waals surface area contributed by atoms with E-state index in [1.807, 2.05) is 6.07 Å². The van der Waals surface area contributed by atoms with Gasteiger partial charge in [-0.25, -0.2) is 9.37 Å². The van der Waals surface area contributed by atoms with Gasteiger partial charge in [-0.05, 0) is 36.1 Å². The fourth-order valence-corrected chi connectivity index (χ4v) is 5.28. The number of aromatic amines is 1. The number of nitrogens with zero attached hydrogens (tertiary/aromatic N) is 2. The summed E-state index contributed by atoms with van der Waals surface area (Å²) in [5, 5.41) is 22.5. The van der Waals surface area contributed by atoms with E-state index < -0.39 is 18.3 Å². The molecule has 184 valence electrons. The molecule has 2 fully saturated rings. The van der Waals surface area contributed by atoms with Crippen molar-refractivity contribution in [1.29, 1.82) is 0 Å². The van der Waals surface area contributed by atoms with Gasteiger partial charge in [0.25, 0.3) is 6.01 Å². The van der Waals surface area contributed by atoms with Crippen LogP contribution in [-0.4, -0.2) is 69.4 Å². The number of halogens is 2. The van der Waals surface area contributed by atoms with Crippen LogP contribution in [0.5, 0.6) is 6.01 Å². The van der Waals surface area contributed by atoms with Gasteiger partial charge in [0.05, 0.1) is 36.4 Å². The molecule has 0 radical (unpaired) electrons. The summed E-state index contributed by atoms with van der Waals surface area (Å²) >= 11 is 6.49. The second-order valence-electron chi connectivity index (χ2n) is 8.95. The molecular formula is C24H24ClFN4O5. The third-order valence-corrected chi connectivity index (χ3v) is 6.95. The third kappa shape index (κ3) is 4.15. The van der Waals surface area contributed by atoms with Crippen LogP contribution in [0.25, 0.3) is 17.2 Å². The number of aromatic nitrogens is 3. The van der Waals surface area contributed by atoms with Crippen LogP contribution in [0.1, 0.15) is 29.2 Å². The lowest BCUT2D eigenvalue weighted by Gasteiger charge is -2.16. The van der Waals surface area contributed by atoms with Crippen LogP contribution in [0.2, 0.25) is 5.02 Å². The van der Waals surface area contributed by atoms with Crippen LogP contribution in [0.3, 0.4) is 0 Å². The van der Waals surface area contributed by atoms with Gasteiger partial charge >= 0.3 is 0 Å². The molecular weight excluding hydrogens is 479 g/mol. The van der Waals surface area contributed by atoms with Crippen LogP contribution in [-0.2, 0) is 15.9 Å². The zero-order chi connectivity index (χ0) is 24.1. The maximum absolute atomic E-state index is 14.9. The number of anilines is 1. The van der Waals surface area contributed by atoms with Crippen molar-refractivity contribution in [3.63, 3.8) is 0 Å². The predicted octanol–water partition coefficient (Wildman–Crippen LogP) is 2.76. The molecule has 0 amide bonds. The number of aliphatic hydroxyl groups excluding tert-OH is 2. The van der Waals surface area contributed by atoms with E-state index in [2.05, 4.69) is 20.3 Å². The predicted molar refractivity (Wildman–Crippen MR) is 126 cm³/mol. The van der Waals surface area contributed by atoms with Crippen LogP contribution >= 0.6 is 11.6 Å². The van der Waals surface area contributed by atoms with Crippen molar-refractivity contribution in [3.8, 4) is 6.01 Å². The number of ether oxygens (including phenoxy) is 3. The minimum absolute atomic E-state index is 0.0953. The quantitative estimate of drug-likeness (QED) is 0.406. The zero-order valence-corrected chi connectivity index (χ0v) is 19.3. The van der Waals surface area contributed by atoms with Crippen LogP contribution < -0.4 is 10.1 Å². The molecule has 2 saturated heterocycles. The molecule has 1 aliphatic carbocycles. The molecule has 1 aromatic carbocycles. The maximum Gasteiger partial charge on any atom is 0.296 e. The average molecular weight is 503 g/mol. The molecule has 6 rings (SSSR count). The Bertz CT molecular complexity index is 1300. The minimum Gasteiger partial charge on any atom is -0.456 e. The summed E-state index contributed by atoms with van der Waals surface area (Å²) in [7, 11) is 0. The van der Waals surface area contributed by atoms with E-state index in [1.165, 1.54) is 6.07 Å². The fourth-order valence-electron chi connectivity index (χ4n) is 5.07. The number of benzene rings is 1. The van der Waals surface area contributed by atoms with Gasteiger partial charge in [0.15, 0.2) is 11.8 Å². The highest BCUT2D eigenvalue weighted by atomic mass is 35.5. The number of nitrogens with one attached hydrogen (secondary N) is 2. The van der Waals surface area contributed by atoms with E-state index >= 15 is 0 Å². The second-order valence-corrected chi connectivity index (χ2v) is 9.35. The summed E-state index contributed by atoms with van der Waals surface area (Å²) in [6.07, 6.45) is 2.87. The summed E-state index contributed by atoms with van der Waals surface area (Å²) in [5.41, 5.74) is 3.23. The monoisotopic (exact) mass is 502 g/mol. The van der Waals surface area contributed by atoms with Crippen molar-refractivity contribution in [2.75, 3.05) is 25.1 Å². The average Bonchev–Trinajstić information content (AvgIpc) is 3.59. The first-order chi connectivity index (χ1) is 17.0. The number of imidazole rings is 1. The highest BCUT2D eigenvalue weighted by Gasteiger charge is 2.48. The zero-order valence-electron chi connectivity index (χ0n) is 18.6. The highest BCUT2D eigenvalue weighted by Crippen LogP contribution is 2.38. The van der Waals surface area contributed by atoms with Gasteiger partial charge in [-0.2, -0.15) is 4.98 Å². The van der Waals surface area contributed by atoms with E-state index in [4.69, 9.17) is 30.9 Å². The molecule has 0 saturated carbocycles. The van der Waals surface area contributed by atoms with Crippen molar-refractivity contribution in [2.24, 2.45) is 0 Å². The summed E-state index contributed by atoms with van der Waals surface area (Å²) in [4.78, 5) is 12.0. The van der Waals surface area contributed by atoms with E-state index in [1.54, 1.807) is 18.2 Å². The third-order valence-electron chi connectivity index (χ3n) is 6.66. The number of aliphatic hydroxyl groups is 2. The molecule has 0 unspecified atom stereocenters. The van der Waals surface area contributed by atoms with Crippen LogP contribution in [0, 0.1) is 5.82 Å². The molecule has 2 aromatic heterocycles. The molecule has 11 heteroatoms. The number of pyridine rings is 1. The molecule has 9 nitrogen and oxygen atoms in total. The largest absolute Gasteiger partial charge is 0.456 e. The molecule has 3 aliphatic rings. The van der Waals surface area contributed by atoms with Gasteiger partial charge in [-0.1, -0.05) is 29.8 Å². The Labute approximate surface area is 204 Å². The number of rotatable bonds is 6. The van der Waals surface area contributed by atoms with E-state index in [0.29, 0.717) is 46.0 Å². The molecule has 0 spiro atoms. The summed E-state index contributed by atoms with van der Waals surface area (Å²) in [6.45, 7) is 0.406. The van der Waals surface area contributed by atoms with Crippen LogP contribution in [0.15, 0.2) is 24.3 Å². The van der Waals surface area contributed by atoms with Crippen molar-refractivity contribution in [3.05, 3.63) is 51.8 Å². The number of hydrogen-bond donors (Lipinski definition) is 4. The lowest BCUT2D eigenvalue weighted by atomic mass is 10.0. The first-order valence-corrected chi connectivity index (χ1v) is 11.9. The molecule has 3 aromatic rings. The first-order valence-electron chi connectivity index (χ1n) is 11.5. The number of aryl methyl sites for hydroxylation is 1. The Morgan fingerprint density at radius 2 is 2.09 bits per heavy atom. The van der Waals surface area contributed by atoms with E-state index in [-0.39, 0.29) is 43.8 Å². The Balaban J connectivity index is 1.21. The fraction of sp³-hybridized carbons (Fsp3) is 0.417. The molecule has 4 N–H and O–H groups in total. The van der Waals surface area contributed by atoms with Crippen molar-refractivity contribution >= 4 is 34.7 Å². The Morgan fingerprint density at radius 3 is 2.94 bits per heavy atom. The second kappa shape index (κ2) is 9.03. The molecule has 4 heterocycles. The number of fused-ring (bicyclic) bond motifs is 3. The lowest BCUT2D eigenvalue weighted by molar-refractivity contribution is 0.00706. The summed E-state index contributed by atoms with van der Waals surface area (Å²) in [6, 6.07) is 5.07. The normalized spacial score (nSPS) is 27.6.